The Labute approximate surface area is 154 Å². The quantitative estimate of drug-likeness (QED) is 0.317. The molecular formula is C22H48O2. The average molecular weight is 345 g/mol. The Morgan fingerprint density at radius 3 is 1.04 bits per heavy atom. The van der Waals surface area contributed by atoms with Gasteiger partial charge in [0.2, 0.25) is 0 Å². The van der Waals surface area contributed by atoms with Gasteiger partial charge in [0.1, 0.15) is 0 Å². The summed E-state index contributed by atoms with van der Waals surface area (Å²) in [5.41, 5.74) is 0. The summed E-state index contributed by atoms with van der Waals surface area (Å²) in [6, 6.07) is 0. The van der Waals surface area contributed by atoms with E-state index in [2.05, 4.69) is 55.4 Å². The van der Waals surface area contributed by atoms with Gasteiger partial charge in [-0.25, -0.2) is 0 Å². The zero-order valence-electron chi connectivity index (χ0n) is 18.2. The number of unbranched alkanes of at least 4 members (excludes halogenated alkanes) is 2. The van der Waals surface area contributed by atoms with Crippen molar-refractivity contribution >= 4 is 0 Å². The van der Waals surface area contributed by atoms with Crippen LogP contribution in [0.4, 0.5) is 0 Å². The van der Waals surface area contributed by atoms with Gasteiger partial charge in [-0.2, -0.15) is 0 Å². The standard InChI is InChI=1S/2C11H24O/c2*1-10(2)7-5-6-8-12-9-11(3)4/h2*10-11H,5-9H2,1-4H3. The fourth-order valence-corrected chi connectivity index (χ4v) is 2.15. The van der Waals surface area contributed by atoms with Gasteiger partial charge in [-0.05, 0) is 36.5 Å². The Morgan fingerprint density at radius 1 is 0.458 bits per heavy atom. The van der Waals surface area contributed by atoms with E-state index in [0.29, 0.717) is 11.8 Å². The van der Waals surface area contributed by atoms with E-state index in [9.17, 15) is 0 Å². The monoisotopic (exact) mass is 344 g/mol. The van der Waals surface area contributed by atoms with Crippen LogP contribution in [0.3, 0.4) is 0 Å². The average Bonchev–Trinajstić information content (AvgIpc) is 2.46. The molecule has 24 heavy (non-hydrogen) atoms. The van der Waals surface area contributed by atoms with Crippen molar-refractivity contribution in [2.45, 2.75) is 93.9 Å². The van der Waals surface area contributed by atoms with Crippen LogP contribution in [-0.4, -0.2) is 26.4 Å². The zero-order chi connectivity index (χ0) is 18.8. The molecule has 0 unspecified atom stereocenters. The van der Waals surface area contributed by atoms with Crippen LogP contribution in [-0.2, 0) is 9.47 Å². The Hall–Kier alpha value is -0.0800. The van der Waals surface area contributed by atoms with E-state index in [1.807, 2.05) is 0 Å². The summed E-state index contributed by atoms with van der Waals surface area (Å²) >= 11 is 0. The number of hydrogen-bond donors (Lipinski definition) is 0. The van der Waals surface area contributed by atoms with Crippen LogP contribution < -0.4 is 0 Å². The van der Waals surface area contributed by atoms with E-state index in [-0.39, 0.29) is 0 Å². The number of rotatable bonds is 14. The lowest BCUT2D eigenvalue weighted by Gasteiger charge is -2.07. The van der Waals surface area contributed by atoms with Crippen molar-refractivity contribution in [1.29, 1.82) is 0 Å². The minimum absolute atomic E-state index is 0.676. The second-order valence-electron chi connectivity index (χ2n) is 8.72. The lowest BCUT2D eigenvalue weighted by molar-refractivity contribution is 0.106. The summed E-state index contributed by atoms with van der Waals surface area (Å²) in [7, 11) is 0. The van der Waals surface area contributed by atoms with E-state index < -0.39 is 0 Å². The topological polar surface area (TPSA) is 18.5 Å². The summed E-state index contributed by atoms with van der Waals surface area (Å²) in [4.78, 5) is 0. The SMILES string of the molecule is CC(C)CCCCOCC(C)C.CC(C)CCCCOCC(C)C. The van der Waals surface area contributed by atoms with Crippen LogP contribution in [0.15, 0.2) is 0 Å². The molecule has 0 atom stereocenters. The van der Waals surface area contributed by atoms with Crippen molar-refractivity contribution in [3.63, 3.8) is 0 Å². The Morgan fingerprint density at radius 2 is 0.792 bits per heavy atom. The maximum Gasteiger partial charge on any atom is 0.0488 e. The van der Waals surface area contributed by atoms with Crippen molar-refractivity contribution in [2.24, 2.45) is 23.7 Å². The fraction of sp³-hybridized carbons (Fsp3) is 1.00. The molecule has 0 aliphatic rings. The molecule has 0 fully saturated rings. The highest BCUT2D eigenvalue weighted by Gasteiger charge is 1.96. The maximum absolute atomic E-state index is 5.48. The first-order chi connectivity index (χ1) is 11.3. The summed E-state index contributed by atoms with van der Waals surface area (Å²) in [6.07, 6.45) is 7.76. The number of hydrogen-bond acceptors (Lipinski definition) is 2. The highest BCUT2D eigenvalue weighted by Crippen LogP contribution is 2.07. The molecule has 0 amide bonds. The molecule has 2 nitrogen and oxygen atoms in total. The molecule has 0 spiro atoms. The van der Waals surface area contributed by atoms with Crippen molar-refractivity contribution < 1.29 is 9.47 Å². The van der Waals surface area contributed by atoms with Gasteiger partial charge in [0.15, 0.2) is 0 Å². The third kappa shape index (κ3) is 29.9. The largest absolute Gasteiger partial charge is 0.381 e. The molecular weight excluding hydrogens is 296 g/mol. The third-order valence-corrected chi connectivity index (χ3v) is 3.54. The second-order valence-corrected chi connectivity index (χ2v) is 8.72. The first-order valence-electron chi connectivity index (χ1n) is 10.4. The maximum atomic E-state index is 5.48. The van der Waals surface area contributed by atoms with Crippen molar-refractivity contribution in [3.8, 4) is 0 Å². The molecule has 0 bridgehead atoms. The van der Waals surface area contributed by atoms with Crippen molar-refractivity contribution in [3.05, 3.63) is 0 Å². The lowest BCUT2D eigenvalue weighted by Crippen LogP contribution is -2.03. The molecule has 2 heteroatoms. The predicted molar refractivity (Wildman–Crippen MR) is 109 cm³/mol. The van der Waals surface area contributed by atoms with Gasteiger partial charge in [0.25, 0.3) is 0 Å². The third-order valence-electron chi connectivity index (χ3n) is 3.54. The first kappa shape index (κ1) is 26.2. The van der Waals surface area contributed by atoms with Crippen LogP contribution in [0.2, 0.25) is 0 Å². The molecule has 0 aromatic carbocycles. The molecule has 148 valence electrons. The number of ether oxygens (including phenoxy) is 2. The van der Waals surface area contributed by atoms with Gasteiger partial charge in [0.05, 0.1) is 0 Å². The smallest absolute Gasteiger partial charge is 0.0488 e. The Balaban J connectivity index is 0. The molecule has 0 aromatic heterocycles. The zero-order valence-corrected chi connectivity index (χ0v) is 18.2. The van der Waals surface area contributed by atoms with Crippen LogP contribution in [0.25, 0.3) is 0 Å². The van der Waals surface area contributed by atoms with Crippen LogP contribution in [0.1, 0.15) is 93.9 Å². The minimum atomic E-state index is 0.676. The Kier molecular flexibility index (Phi) is 21.0. The molecule has 0 aliphatic carbocycles. The van der Waals surface area contributed by atoms with Gasteiger partial charge in [-0.1, -0.05) is 81.1 Å². The summed E-state index contributed by atoms with van der Waals surface area (Å²) < 4.78 is 11.0. The summed E-state index contributed by atoms with van der Waals surface area (Å²) in [6.45, 7) is 21.6. The summed E-state index contributed by atoms with van der Waals surface area (Å²) in [5.74, 6) is 3.04. The van der Waals surface area contributed by atoms with E-state index in [4.69, 9.17) is 9.47 Å². The highest BCUT2D eigenvalue weighted by atomic mass is 16.5. The molecule has 0 N–H and O–H groups in total. The van der Waals surface area contributed by atoms with Gasteiger partial charge >= 0.3 is 0 Å². The van der Waals surface area contributed by atoms with Gasteiger partial charge in [-0.3, -0.25) is 0 Å². The molecule has 0 saturated heterocycles. The second kappa shape index (κ2) is 19.2. The highest BCUT2D eigenvalue weighted by molar-refractivity contribution is 4.47. The van der Waals surface area contributed by atoms with Crippen LogP contribution in [0, 0.1) is 23.7 Å². The van der Waals surface area contributed by atoms with Crippen LogP contribution >= 0.6 is 0 Å². The molecule has 0 saturated carbocycles. The molecule has 0 radical (unpaired) electrons. The first-order valence-corrected chi connectivity index (χ1v) is 10.4. The lowest BCUT2D eigenvalue weighted by atomic mass is 10.1. The minimum Gasteiger partial charge on any atom is -0.381 e. The molecule has 0 aromatic rings. The van der Waals surface area contributed by atoms with Gasteiger partial charge in [-0.15, -0.1) is 0 Å². The van der Waals surface area contributed by atoms with Gasteiger partial charge in [0, 0.05) is 26.4 Å². The van der Waals surface area contributed by atoms with Gasteiger partial charge < -0.3 is 9.47 Å². The van der Waals surface area contributed by atoms with E-state index in [0.717, 1.165) is 38.3 Å². The predicted octanol–water partition coefficient (Wildman–Crippen LogP) is 6.97. The molecule has 0 rings (SSSR count). The molecule has 0 aliphatic heterocycles. The van der Waals surface area contributed by atoms with Crippen LogP contribution in [0.5, 0.6) is 0 Å². The van der Waals surface area contributed by atoms with Crippen molar-refractivity contribution in [1.82, 2.24) is 0 Å². The normalized spacial score (nSPS) is 11.5. The summed E-state index contributed by atoms with van der Waals surface area (Å²) in [5, 5.41) is 0. The van der Waals surface area contributed by atoms with E-state index in [1.54, 1.807) is 0 Å². The van der Waals surface area contributed by atoms with E-state index >= 15 is 0 Å². The Bertz CT molecular complexity index is 174. The van der Waals surface area contributed by atoms with E-state index in [1.165, 1.54) is 38.5 Å². The molecule has 0 heterocycles. The fourth-order valence-electron chi connectivity index (χ4n) is 2.15. The van der Waals surface area contributed by atoms with Crippen molar-refractivity contribution in [2.75, 3.05) is 26.4 Å².